The maximum absolute atomic E-state index is 11.7. The molecule has 0 radical (unpaired) electrons. The second-order valence-corrected chi connectivity index (χ2v) is 4.91. The zero-order chi connectivity index (χ0) is 12.8. The largest absolute Gasteiger partial charge is 0.462 e. The molecule has 0 aliphatic heterocycles. The van der Waals surface area contributed by atoms with Gasteiger partial charge in [-0.25, -0.2) is 4.79 Å². The molecule has 0 saturated heterocycles. The molecule has 17 heavy (non-hydrogen) atoms. The van der Waals surface area contributed by atoms with Crippen molar-refractivity contribution in [2.75, 3.05) is 27.2 Å². The number of carbonyl (C=O) groups is 1. The van der Waals surface area contributed by atoms with Crippen molar-refractivity contribution in [3.05, 3.63) is 33.8 Å². The normalized spacial score (nSPS) is 10.6. The SMILES string of the molecule is C[NH+](C)CCCOC(=O)c1ccc(Cl)cc1Cl. The van der Waals surface area contributed by atoms with E-state index >= 15 is 0 Å². The third-order valence-electron chi connectivity index (χ3n) is 2.21. The number of halogens is 2. The van der Waals surface area contributed by atoms with Crippen LogP contribution in [0.1, 0.15) is 16.8 Å². The molecule has 0 heterocycles. The molecule has 0 atom stereocenters. The van der Waals surface area contributed by atoms with Gasteiger partial charge in [-0.1, -0.05) is 23.2 Å². The van der Waals surface area contributed by atoms with Crippen molar-refractivity contribution in [3.8, 4) is 0 Å². The summed E-state index contributed by atoms with van der Waals surface area (Å²) in [6, 6.07) is 4.72. The zero-order valence-electron chi connectivity index (χ0n) is 9.93. The van der Waals surface area contributed by atoms with Crippen LogP contribution in [0.15, 0.2) is 18.2 Å². The Labute approximate surface area is 111 Å². The van der Waals surface area contributed by atoms with Crippen LogP contribution in [0.2, 0.25) is 10.0 Å². The van der Waals surface area contributed by atoms with Gasteiger partial charge in [0.1, 0.15) is 0 Å². The second-order valence-electron chi connectivity index (χ2n) is 4.07. The fourth-order valence-electron chi connectivity index (χ4n) is 1.32. The van der Waals surface area contributed by atoms with E-state index in [-0.39, 0.29) is 0 Å². The van der Waals surface area contributed by atoms with Gasteiger partial charge in [0.25, 0.3) is 0 Å². The average Bonchev–Trinajstić information content (AvgIpc) is 2.23. The number of nitrogens with one attached hydrogen (secondary N) is 1. The van der Waals surface area contributed by atoms with Crippen molar-refractivity contribution in [1.82, 2.24) is 0 Å². The van der Waals surface area contributed by atoms with Gasteiger partial charge < -0.3 is 9.64 Å². The highest BCUT2D eigenvalue weighted by molar-refractivity contribution is 6.36. The number of benzene rings is 1. The molecular formula is C12H16Cl2NO2+. The molecule has 3 nitrogen and oxygen atoms in total. The summed E-state index contributed by atoms with van der Waals surface area (Å²) in [5, 5.41) is 0.823. The smallest absolute Gasteiger partial charge is 0.339 e. The van der Waals surface area contributed by atoms with Crippen LogP contribution in [-0.4, -0.2) is 33.2 Å². The Balaban J connectivity index is 2.47. The van der Waals surface area contributed by atoms with Gasteiger partial charge >= 0.3 is 5.97 Å². The van der Waals surface area contributed by atoms with Crippen LogP contribution in [-0.2, 0) is 4.74 Å². The fraction of sp³-hybridized carbons (Fsp3) is 0.417. The molecule has 0 amide bonds. The molecule has 0 fully saturated rings. The Hall–Kier alpha value is -0.770. The van der Waals surface area contributed by atoms with Crippen LogP contribution in [0.3, 0.4) is 0 Å². The molecule has 0 aliphatic carbocycles. The first-order chi connectivity index (χ1) is 8.00. The molecule has 94 valence electrons. The first kappa shape index (κ1) is 14.3. The van der Waals surface area contributed by atoms with Crippen LogP contribution in [0, 0.1) is 0 Å². The van der Waals surface area contributed by atoms with E-state index in [1.807, 2.05) is 0 Å². The lowest BCUT2D eigenvalue weighted by Crippen LogP contribution is -3.05. The molecule has 1 aromatic rings. The summed E-state index contributed by atoms with van der Waals surface area (Å²) in [6.07, 6.45) is 0.833. The molecule has 0 aliphatic rings. The van der Waals surface area contributed by atoms with Crippen LogP contribution >= 0.6 is 23.2 Å². The predicted octanol–water partition coefficient (Wildman–Crippen LogP) is 1.68. The van der Waals surface area contributed by atoms with Crippen molar-refractivity contribution in [3.63, 3.8) is 0 Å². The van der Waals surface area contributed by atoms with Gasteiger partial charge in [-0.2, -0.15) is 0 Å². The molecular weight excluding hydrogens is 261 g/mol. The van der Waals surface area contributed by atoms with Gasteiger partial charge in [0.15, 0.2) is 0 Å². The fourth-order valence-corrected chi connectivity index (χ4v) is 1.81. The zero-order valence-corrected chi connectivity index (χ0v) is 11.4. The molecule has 0 aromatic heterocycles. The molecule has 0 saturated carbocycles. The predicted molar refractivity (Wildman–Crippen MR) is 69.0 cm³/mol. The lowest BCUT2D eigenvalue weighted by atomic mass is 10.2. The van der Waals surface area contributed by atoms with Gasteiger partial charge in [0, 0.05) is 11.4 Å². The highest BCUT2D eigenvalue weighted by Gasteiger charge is 2.11. The van der Waals surface area contributed by atoms with E-state index in [2.05, 4.69) is 14.1 Å². The Kier molecular flexibility index (Phi) is 5.75. The van der Waals surface area contributed by atoms with Gasteiger partial charge in [-0.05, 0) is 18.2 Å². The molecule has 0 unspecified atom stereocenters. The molecule has 1 N–H and O–H groups in total. The van der Waals surface area contributed by atoms with Crippen LogP contribution in [0.4, 0.5) is 0 Å². The highest BCUT2D eigenvalue weighted by atomic mass is 35.5. The monoisotopic (exact) mass is 276 g/mol. The maximum atomic E-state index is 11.7. The summed E-state index contributed by atoms with van der Waals surface area (Å²) in [6.45, 7) is 1.37. The van der Waals surface area contributed by atoms with E-state index in [1.54, 1.807) is 12.1 Å². The first-order valence-electron chi connectivity index (χ1n) is 5.42. The third-order valence-corrected chi connectivity index (χ3v) is 2.75. The Morgan fingerprint density at radius 1 is 1.35 bits per heavy atom. The van der Waals surface area contributed by atoms with Gasteiger partial charge in [0.05, 0.1) is 37.8 Å². The second kappa shape index (κ2) is 6.84. The number of esters is 1. The van der Waals surface area contributed by atoms with E-state index < -0.39 is 5.97 Å². The summed E-state index contributed by atoms with van der Waals surface area (Å²) < 4.78 is 5.12. The molecule has 1 rings (SSSR count). The average molecular weight is 277 g/mol. The van der Waals surface area contributed by atoms with Crippen molar-refractivity contribution in [1.29, 1.82) is 0 Å². The number of hydrogen-bond donors (Lipinski definition) is 1. The van der Waals surface area contributed by atoms with E-state index in [0.29, 0.717) is 22.2 Å². The van der Waals surface area contributed by atoms with Crippen molar-refractivity contribution in [2.24, 2.45) is 0 Å². The Morgan fingerprint density at radius 2 is 2.06 bits per heavy atom. The number of carbonyl (C=O) groups excluding carboxylic acids is 1. The van der Waals surface area contributed by atoms with Crippen LogP contribution in [0.5, 0.6) is 0 Å². The summed E-state index contributed by atoms with van der Waals surface area (Å²) in [5.74, 6) is -0.402. The summed E-state index contributed by atoms with van der Waals surface area (Å²) in [7, 11) is 4.11. The van der Waals surface area contributed by atoms with Crippen molar-refractivity contribution < 1.29 is 14.4 Å². The van der Waals surface area contributed by atoms with Crippen molar-refractivity contribution in [2.45, 2.75) is 6.42 Å². The van der Waals surface area contributed by atoms with Crippen LogP contribution < -0.4 is 4.90 Å². The number of rotatable bonds is 5. The lowest BCUT2D eigenvalue weighted by Gasteiger charge is -2.08. The minimum Gasteiger partial charge on any atom is -0.462 e. The van der Waals surface area contributed by atoms with E-state index in [0.717, 1.165) is 13.0 Å². The summed E-state index contributed by atoms with van der Waals surface area (Å²) in [5.41, 5.74) is 0.355. The van der Waals surface area contributed by atoms with E-state index in [4.69, 9.17) is 27.9 Å². The minimum atomic E-state index is -0.402. The Morgan fingerprint density at radius 3 is 2.65 bits per heavy atom. The molecule has 0 spiro atoms. The van der Waals surface area contributed by atoms with Crippen molar-refractivity contribution >= 4 is 29.2 Å². The van der Waals surface area contributed by atoms with E-state index in [9.17, 15) is 4.79 Å². The van der Waals surface area contributed by atoms with Gasteiger partial charge in [0.2, 0.25) is 0 Å². The number of quaternary nitrogens is 1. The van der Waals surface area contributed by atoms with E-state index in [1.165, 1.54) is 11.0 Å². The summed E-state index contributed by atoms with van der Waals surface area (Å²) >= 11 is 11.6. The molecule has 5 heteroatoms. The standard InChI is InChI=1S/C12H15Cl2NO2/c1-15(2)6-3-7-17-12(16)10-5-4-9(13)8-11(10)14/h4-5,8H,3,6-7H2,1-2H3/p+1. The topological polar surface area (TPSA) is 30.7 Å². The van der Waals surface area contributed by atoms with Crippen LogP contribution in [0.25, 0.3) is 0 Å². The van der Waals surface area contributed by atoms with Gasteiger partial charge in [-0.15, -0.1) is 0 Å². The quantitative estimate of drug-likeness (QED) is 0.656. The third kappa shape index (κ3) is 4.94. The number of ether oxygens (including phenoxy) is 1. The Bertz CT molecular complexity index is 394. The number of hydrogen-bond acceptors (Lipinski definition) is 2. The maximum Gasteiger partial charge on any atom is 0.339 e. The molecule has 0 bridgehead atoms. The van der Waals surface area contributed by atoms with Gasteiger partial charge in [-0.3, -0.25) is 0 Å². The minimum absolute atomic E-state index is 0.320. The lowest BCUT2D eigenvalue weighted by molar-refractivity contribution is -0.858. The highest BCUT2D eigenvalue weighted by Crippen LogP contribution is 2.21. The first-order valence-corrected chi connectivity index (χ1v) is 6.17. The molecule has 1 aromatic carbocycles. The summed E-state index contributed by atoms with van der Waals surface area (Å²) in [4.78, 5) is 13.0.